The van der Waals surface area contributed by atoms with Crippen LogP contribution in [0.15, 0.2) is 70.7 Å². The molecule has 0 saturated carbocycles. The minimum absolute atomic E-state index is 0.182. The van der Waals surface area contributed by atoms with Gasteiger partial charge in [0.2, 0.25) is 5.91 Å². The van der Waals surface area contributed by atoms with E-state index in [-0.39, 0.29) is 11.2 Å². The van der Waals surface area contributed by atoms with Crippen LogP contribution in [0.3, 0.4) is 0 Å². The topological polar surface area (TPSA) is 54.4 Å². The number of hydrogen-bond donors (Lipinski definition) is 1. The highest BCUT2D eigenvalue weighted by Crippen LogP contribution is 2.31. The molecule has 1 heterocycles. The first-order valence-electron chi connectivity index (χ1n) is 8.60. The van der Waals surface area contributed by atoms with E-state index in [9.17, 15) is 4.79 Å². The van der Waals surface area contributed by atoms with Gasteiger partial charge in [-0.3, -0.25) is 9.79 Å². The lowest BCUT2D eigenvalue weighted by atomic mass is 10.3. The van der Waals surface area contributed by atoms with Gasteiger partial charge in [-0.25, -0.2) is 4.98 Å². The van der Waals surface area contributed by atoms with Crippen molar-refractivity contribution in [3.05, 3.63) is 81.6 Å². The first-order chi connectivity index (χ1) is 13.9. The Morgan fingerprint density at radius 3 is 2.41 bits per heavy atom. The molecule has 1 unspecified atom stereocenters. The highest BCUT2D eigenvalue weighted by molar-refractivity contribution is 8.00. The molecular weight excluding hydrogens is 449 g/mol. The summed E-state index contributed by atoms with van der Waals surface area (Å²) in [4.78, 5) is 21.8. The van der Waals surface area contributed by atoms with Crippen LogP contribution in [0.5, 0.6) is 0 Å². The van der Waals surface area contributed by atoms with E-state index in [4.69, 9.17) is 34.8 Å². The molecule has 0 bridgehead atoms. The van der Waals surface area contributed by atoms with Crippen molar-refractivity contribution >= 4 is 70.1 Å². The van der Waals surface area contributed by atoms with Crippen LogP contribution in [0.2, 0.25) is 15.2 Å². The fourth-order valence-corrected chi connectivity index (χ4v) is 3.88. The monoisotopic (exact) mass is 463 g/mol. The molecule has 148 valence electrons. The van der Waals surface area contributed by atoms with Gasteiger partial charge in [0.1, 0.15) is 5.15 Å². The van der Waals surface area contributed by atoms with E-state index in [2.05, 4.69) is 15.3 Å². The SMILES string of the molecule is CC(Sc1ccc(N=Cc2cccnc2Cl)cc1)C(=O)Nc1c(Cl)cccc1Cl. The number of thioether (sulfide) groups is 1. The van der Waals surface area contributed by atoms with Crippen LogP contribution in [-0.2, 0) is 4.79 Å². The van der Waals surface area contributed by atoms with E-state index in [1.165, 1.54) is 11.8 Å². The van der Waals surface area contributed by atoms with Gasteiger partial charge in [0.05, 0.1) is 26.7 Å². The van der Waals surface area contributed by atoms with Crippen LogP contribution < -0.4 is 5.32 Å². The quantitative estimate of drug-likeness (QED) is 0.245. The molecule has 1 N–H and O–H groups in total. The van der Waals surface area contributed by atoms with Crippen LogP contribution in [0.25, 0.3) is 0 Å². The first-order valence-corrected chi connectivity index (χ1v) is 10.6. The molecule has 1 atom stereocenters. The van der Waals surface area contributed by atoms with Crippen molar-refractivity contribution in [3.63, 3.8) is 0 Å². The van der Waals surface area contributed by atoms with Crippen molar-refractivity contribution in [2.45, 2.75) is 17.1 Å². The maximum Gasteiger partial charge on any atom is 0.237 e. The third-order valence-electron chi connectivity index (χ3n) is 3.87. The molecule has 3 rings (SSSR count). The maximum absolute atomic E-state index is 12.5. The number of nitrogens with one attached hydrogen (secondary N) is 1. The third-order valence-corrected chi connectivity index (χ3v) is 5.93. The van der Waals surface area contributed by atoms with Gasteiger partial charge in [-0.05, 0) is 55.5 Å². The molecule has 0 aliphatic carbocycles. The van der Waals surface area contributed by atoms with Gasteiger partial charge in [-0.1, -0.05) is 40.9 Å². The summed E-state index contributed by atoms with van der Waals surface area (Å²) in [6.07, 6.45) is 3.30. The molecule has 0 spiro atoms. The molecule has 1 amide bonds. The fourth-order valence-electron chi connectivity index (χ4n) is 2.35. The molecule has 0 radical (unpaired) electrons. The molecule has 8 heteroatoms. The van der Waals surface area contributed by atoms with Gasteiger partial charge in [-0.15, -0.1) is 11.8 Å². The maximum atomic E-state index is 12.5. The molecule has 0 fully saturated rings. The summed E-state index contributed by atoms with van der Waals surface area (Å²) in [5.74, 6) is -0.182. The zero-order valence-electron chi connectivity index (χ0n) is 15.3. The number of nitrogens with zero attached hydrogens (tertiary/aromatic N) is 2. The summed E-state index contributed by atoms with van der Waals surface area (Å²) in [6.45, 7) is 1.82. The van der Waals surface area contributed by atoms with Crippen LogP contribution in [0, 0.1) is 0 Å². The molecule has 1 aromatic heterocycles. The molecule has 0 saturated heterocycles. The number of para-hydroxylation sites is 1. The molecule has 29 heavy (non-hydrogen) atoms. The molecule has 0 aliphatic heterocycles. The van der Waals surface area contributed by atoms with E-state index in [0.717, 1.165) is 16.1 Å². The van der Waals surface area contributed by atoms with Crippen molar-refractivity contribution < 1.29 is 4.79 Å². The number of pyridine rings is 1. The Bertz CT molecular complexity index is 1020. The average Bonchev–Trinajstić information content (AvgIpc) is 2.71. The first kappa shape index (κ1) is 21.7. The fraction of sp³-hybridized carbons (Fsp3) is 0.0952. The highest BCUT2D eigenvalue weighted by atomic mass is 35.5. The lowest BCUT2D eigenvalue weighted by molar-refractivity contribution is -0.115. The number of anilines is 1. The summed E-state index contributed by atoms with van der Waals surface area (Å²) in [5.41, 5.74) is 1.94. The van der Waals surface area contributed by atoms with E-state index < -0.39 is 0 Å². The number of aromatic nitrogens is 1. The Balaban J connectivity index is 1.61. The Hall–Kier alpha value is -2.05. The molecule has 2 aromatic carbocycles. The van der Waals surface area contributed by atoms with Crippen molar-refractivity contribution in [2.24, 2.45) is 4.99 Å². The predicted molar refractivity (Wildman–Crippen MR) is 123 cm³/mol. The van der Waals surface area contributed by atoms with Gasteiger partial charge in [0.15, 0.2) is 0 Å². The second-order valence-electron chi connectivity index (χ2n) is 5.98. The minimum atomic E-state index is -0.342. The van der Waals surface area contributed by atoms with Gasteiger partial charge >= 0.3 is 0 Å². The van der Waals surface area contributed by atoms with Crippen LogP contribution in [0.4, 0.5) is 11.4 Å². The number of halogens is 3. The van der Waals surface area contributed by atoms with Crippen LogP contribution in [-0.4, -0.2) is 22.4 Å². The van der Waals surface area contributed by atoms with E-state index >= 15 is 0 Å². The Morgan fingerprint density at radius 2 is 1.76 bits per heavy atom. The Morgan fingerprint density at radius 1 is 1.07 bits per heavy atom. The Kier molecular flexibility index (Phi) is 7.56. The second-order valence-corrected chi connectivity index (χ2v) is 8.57. The molecular formula is C21H16Cl3N3OS. The standard InChI is InChI=1S/C21H16Cl3N3OS/c1-13(21(28)27-19-17(22)5-2-6-18(19)23)29-16-9-7-15(8-10-16)26-12-14-4-3-11-25-20(14)24/h2-13H,1H3,(H,27,28). The van der Waals surface area contributed by atoms with Crippen molar-refractivity contribution in [1.82, 2.24) is 4.98 Å². The minimum Gasteiger partial charge on any atom is -0.323 e. The number of hydrogen-bond acceptors (Lipinski definition) is 4. The van der Waals surface area contributed by atoms with Gasteiger partial charge in [0, 0.05) is 22.9 Å². The Labute approximate surface area is 188 Å². The largest absolute Gasteiger partial charge is 0.323 e. The summed E-state index contributed by atoms with van der Waals surface area (Å²) in [6, 6.07) is 16.3. The van der Waals surface area contributed by atoms with E-state index in [0.29, 0.717) is 20.9 Å². The summed E-state index contributed by atoms with van der Waals surface area (Å²) >= 11 is 19.7. The number of benzene rings is 2. The number of rotatable bonds is 6. The predicted octanol–water partition coefficient (Wildman–Crippen LogP) is 6.91. The lowest BCUT2D eigenvalue weighted by Crippen LogP contribution is -2.22. The van der Waals surface area contributed by atoms with Crippen molar-refractivity contribution in [2.75, 3.05) is 5.32 Å². The molecule has 3 aromatic rings. The number of carbonyl (C=O) groups is 1. The van der Waals surface area contributed by atoms with Gasteiger partial charge in [0.25, 0.3) is 0 Å². The third kappa shape index (κ3) is 5.97. The number of amides is 1. The van der Waals surface area contributed by atoms with Crippen LogP contribution >= 0.6 is 46.6 Å². The molecule has 4 nitrogen and oxygen atoms in total. The molecule has 0 aliphatic rings. The zero-order valence-corrected chi connectivity index (χ0v) is 18.4. The number of aliphatic imine (C=N–C) groups is 1. The van der Waals surface area contributed by atoms with Gasteiger partial charge < -0.3 is 5.32 Å². The van der Waals surface area contributed by atoms with Crippen molar-refractivity contribution in [1.29, 1.82) is 0 Å². The summed E-state index contributed by atoms with van der Waals surface area (Å²) in [5, 5.41) is 3.65. The average molecular weight is 465 g/mol. The van der Waals surface area contributed by atoms with Crippen molar-refractivity contribution in [3.8, 4) is 0 Å². The van der Waals surface area contributed by atoms with Gasteiger partial charge in [-0.2, -0.15) is 0 Å². The van der Waals surface area contributed by atoms with E-state index in [1.54, 1.807) is 36.7 Å². The normalized spacial score (nSPS) is 12.1. The number of carbonyl (C=O) groups excluding carboxylic acids is 1. The lowest BCUT2D eigenvalue weighted by Gasteiger charge is -2.14. The highest BCUT2D eigenvalue weighted by Gasteiger charge is 2.17. The van der Waals surface area contributed by atoms with Crippen LogP contribution in [0.1, 0.15) is 12.5 Å². The smallest absolute Gasteiger partial charge is 0.237 e. The van der Waals surface area contributed by atoms with E-state index in [1.807, 2.05) is 37.3 Å². The summed E-state index contributed by atoms with van der Waals surface area (Å²) < 4.78 is 0. The summed E-state index contributed by atoms with van der Waals surface area (Å²) in [7, 11) is 0. The second kappa shape index (κ2) is 10.1. The zero-order chi connectivity index (χ0) is 20.8.